The van der Waals surface area contributed by atoms with Crippen molar-refractivity contribution in [2.75, 3.05) is 11.9 Å². The van der Waals surface area contributed by atoms with Gasteiger partial charge in [-0.25, -0.2) is 4.39 Å². The molecule has 3 rings (SSSR count). The highest BCUT2D eigenvalue weighted by atomic mass is 32.2. The molecule has 28 heavy (non-hydrogen) atoms. The number of hydrogen-bond donors (Lipinski definition) is 1. The Balaban J connectivity index is 1.77. The predicted molar refractivity (Wildman–Crippen MR) is 108 cm³/mol. The van der Waals surface area contributed by atoms with E-state index >= 15 is 0 Å². The third-order valence-corrected chi connectivity index (χ3v) is 5.24. The van der Waals surface area contributed by atoms with E-state index in [-0.39, 0.29) is 10.6 Å². The van der Waals surface area contributed by atoms with Crippen LogP contribution in [0.25, 0.3) is 6.08 Å². The summed E-state index contributed by atoms with van der Waals surface area (Å²) in [6.07, 6.45) is 1.68. The number of imide groups is 1. The Hall–Kier alpha value is -2.93. The van der Waals surface area contributed by atoms with Crippen LogP contribution in [-0.4, -0.2) is 28.5 Å². The summed E-state index contributed by atoms with van der Waals surface area (Å²) >= 11 is 0.794. The van der Waals surface area contributed by atoms with Crippen molar-refractivity contribution in [2.45, 2.75) is 20.8 Å². The maximum Gasteiger partial charge on any atom is 0.294 e. The molecule has 1 fully saturated rings. The molecule has 0 spiro atoms. The number of thioether (sulfide) groups is 1. The van der Waals surface area contributed by atoms with Crippen molar-refractivity contribution in [3.63, 3.8) is 0 Å². The molecule has 3 amide bonds. The number of benzene rings is 2. The number of rotatable bonds is 4. The standard InChI is InChI=1S/C21H19FN2O3S/c1-12-8-13(2)15(14(3)9-12)10-18-20(26)24(21(27)28-18)11-19(25)23-17-7-5-4-6-16(17)22/h4-10H,11H2,1-3H3,(H,23,25)/b18-10+. The molecule has 1 heterocycles. The highest BCUT2D eigenvalue weighted by Gasteiger charge is 2.36. The zero-order chi connectivity index (χ0) is 20.4. The summed E-state index contributed by atoms with van der Waals surface area (Å²) in [6, 6.07) is 9.71. The fraction of sp³-hybridized carbons (Fsp3) is 0.190. The molecule has 1 aliphatic rings. The highest BCUT2D eigenvalue weighted by molar-refractivity contribution is 8.18. The van der Waals surface area contributed by atoms with Gasteiger partial charge in [0.15, 0.2) is 0 Å². The molecule has 144 valence electrons. The number of aryl methyl sites for hydroxylation is 3. The molecular formula is C21H19FN2O3S. The SMILES string of the molecule is Cc1cc(C)c(/C=C2/SC(=O)N(CC(=O)Nc3ccccc3F)C2=O)c(C)c1. The third kappa shape index (κ3) is 4.14. The number of nitrogens with one attached hydrogen (secondary N) is 1. The van der Waals surface area contributed by atoms with E-state index in [1.807, 2.05) is 32.9 Å². The monoisotopic (exact) mass is 398 g/mol. The van der Waals surface area contributed by atoms with E-state index in [1.165, 1.54) is 18.2 Å². The molecule has 1 aliphatic heterocycles. The number of halogens is 1. The van der Waals surface area contributed by atoms with E-state index in [1.54, 1.807) is 12.1 Å². The Kier molecular flexibility index (Phi) is 5.65. The smallest absolute Gasteiger partial charge is 0.294 e. The van der Waals surface area contributed by atoms with E-state index in [2.05, 4.69) is 5.32 Å². The zero-order valence-electron chi connectivity index (χ0n) is 15.7. The van der Waals surface area contributed by atoms with Crippen molar-refractivity contribution in [3.8, 4) is 0 Å². The summed E-state index contributed by atoms with van der Waals surface area (Å²) in [7, 11) is 0. The number of carbonyl (C=O) groups excluding carboxylic acids is 3. The fourth-order valence-corrected chi connectivity index (χ4v) is 3.90. The van der Waals surface area contributed by atoms with E-state index in [9.17, 15) is 18.8 Å². The summed E-state index contributed by atoms with van der Waals surface area (Å²) in [5.74, 6) is -1.76. The van der Waals surface area contributed by atoms with Crippen molar-refractivity contribution in [3.05, 3.63) is 69.4 Å². The summed E-state index contributed by atoms with van der Waals surface area (Å²) in [5.41, 5.74) is 4.00. The lowest BCUT2D eigenvalue weighted by atomic mass is 9.99. The van der Waals surface area contributed by atoms with E-state index < -0.39 is 29.4 Å². The molecule has 0 bridgehead atoms. The lowest BCUT2D eigenvalue weighted by Crippen LogP contribution is -2.36. The fourth-order valence-electron chi connectivity index (χ4n) is 3.08. The van der Waals surface area contributed by atoms with Gasteiger partial charge < -0.3 is 5.32 Å². The molecule has 0 aromatic heterocycles. The van der Waals surface area contributed by atoms with Crippen molar-refractivity contribution >= 4 is 40.6 Å². The van der Waals surface area contributed by atoms with Crippen LogP contribution in [-0.2, 0) is 9.59 Å². The maximum absolute atomic E-state index is 13.6. The van der Waals surface area contributed by atoms with Crippen LogP contribution in [0.15, 0.2) is 41.3 Å². The molecule has 2 aromatic rings. The van der Waals surface area contributed by atoms with Gasteiger partial charge >= 0.3 is 0 Å². The molecule has 0 unspecified atom stereocenters. The Morgan fingerprint density at radius 2 is 1.79 bits per heavy atom. The third-order valence-electron chi connectivity index (χ3n) is 4.34. The Morgan fingerprint density at radius 1 is 1.14 bits per heavy atom. The zero-order valence-corrected chi connectivity index (χ0v) is 16.5. The molecule has 1 saturated heterocycles. The van der Waals surface area contributed by atoms with Crippen LogP contribution in [0.1, 0.15) is 22.3 Å². The second-order valence-electron chi connectivity index (χ2n) is 6.61. The Morgan fingerprint density at radius 3 is 2.43 bits per heavy atom. The summed E-state index contributed by atoms with van der Waals surface area (Å²) in [6.45, 7) is 5.41. The quantitative estimate of drug-likeness (QED) is 0.774. The van der Waals surface area contributed by atoms with Crippen LogP contribution in [0, 0.1) is 26.6 Å². The minimum atomic E-state index is -0.642. The molecule has 0 atom stereocenters. The van der Waals surface area contributed by atoms with Gasteiger partial charge in [0.25, 0.3) is 11.1 Å². The van der Waals surface area contributed by atoms with Gasteiger partial charge in [-0.2, -0.15) is 0 Å². The largest absolute Gasteiger partial charge is 0.322 e. The van der Waals surface area contributed by atoms with Crippen molar-refractivity contribution in [2.24, 2.45) is 0 Å². The minimum Gasteiger partial charge on any atom is -0.322 e. The lowest BCUT2D eigenvalue weighted by molar-refractivity contribution is -0.127. The average Bonchev–Trinajstić information content (AvgIpc) is 2.87. The molecular weight excluding hydrogens is 379 g/mol. The van der Waals surface area contributed by atoms with Crippen LogP contribution in [0.4, 0.5) is 14.9 Å². The van der Waals surface area contributed by atoms with Crippen molar-refractivity contribution in [1.82, 2.24) is 4.90 Å². The van der Waals surface area contributed by atoms with Crippen LogP contribution < -0.4 is 5.32 Å². The van der Waals surface area contributed by atoms with Gasteiger partial charge in [0.2, 0.25) is 5.91 Å². The number of carbonyl (C=O) groups is 3. The molecule has 0 aliphatic carbocycles. The molecule has 7 heteroatoms. The second kappa shape index (κ2) is 7.98. The topological polar surface area (TPSA) is 66.5 Å². The first kappa shape index (κ1) is 19.8. The Labute approximate surface area is 166 Å². The highest BCUT2D eigenvalue weighted by Crippen LogP contribution is 2.33. The summed E-state index contributed by atoms with van der Waals surface area (Å²) in [4.78, 5) is 38.2. The molecule has 0 radical (unpaired) electrons. The number of hydrogen-bond acceptors (Lipinski definition) is 4. The van der Waals surface area contributed by atoms with Crippen LogP contribution in [0.3, 0.4) is 0 Å². The number of nitrogens with zero attached hydrogens (tertiary/aromatic N) is 1. The van der Waals surface area contributed by atoms with Crippen LogP contribution in [0.5, 0.6) is 0 Å². The van der Waals surface area contributed by atoms with Crippen molar-refractivity contribution < 1.29 is 18.8 Å². The first-order valence-electron chi connectivity index (χ1n) is 8.64. The molecule has 1 N–H and O–H groups in total. The van der Waals surface area contributed by atoms with E-state index in [0.717, 1.165) is 38.9 Å². The van der Waals surface area contributed by atoms with Gasteiger partial charge in [0.05, 0.1) is 10.6 Å². The molecule has 2 aromatic carbocycles. The second-order valence-corrected chi connectivity index (χ2v) is 7.60. The first-order chi connectivity index (χ1) is 13.3. The van der Waals surface area contributed by atoms with Gasteiger partial charge in [0.1, 0.15) is 12.4 Å². The predicted octanol–water partition coefficient (Wildman–Crippen LogP) is 4.43. The normalized spacial score (nSPS) is 15.4. The number of amides is 3. The van der Waals surface area contributed by atoms with Gasteiger partial charge in [0, 0.05) is 0 Å². The lowest BCUT2D eigenvalue weighted by Gasteiger charge is -2.13. The minimum absolute atomic E-state index is 0.000850. The molecule has 5 nitrogen and oxygen atoms in total. The van der Waals surface area contributed by atoms with Crippen molar-refractivity contribution in [1.29, 1.82) is 0 Å². The van der Waals surface area contributed by atoms with Gasteiger partial charge in [-0.15, -0.1) is 0 Å². The Bertz CT molecular complexity index is 993. The van der Waals surface area contributed by atoms with Gasteiger partial charge in [-0.05, 0) is 67.4 Å². The van der Waals surface area contributed by atoms with E-state index in [4.69, 9.17) is 0 Å². The van der Waals surface area contributed by atoms with Gasteiger partial charge in [-0.1, -0.05) is 29.8 Å². The first-order valence-corrected chi connectivity index (χ1v) is 9.45. The van der Waals surface area contributed by atoms with Crippen LogP contribution >= 0.6 is 11.8 Å². The maximum atomic E-state index is 13.6. The number of anilines is 1. The van der Waals surface area contributed by atoms with Gasteiger partial charge in [-0.3, -0.25) is 19.3 Å². The summed E-state index contributed by atoms with van der Waals surface area (Å²) < 4.78 is 13.6. The summed E-state index contributed by atoms with van der Waals surface area (Å²) in [5, 5.41) is 1.85. The van der Waals surface area contributed by atoms with Crippen LogP contribution in [0.2, 0.25) is 0 Å². The van der Waals surface area contributed by atoms with E-state index in [0.29, 0.717) is 0 Å². The number of para-hydroxylation sites is 1. The average molecular weight is 398 g/mol. The molecule has 0 saturated carbocycles.